The number of benzene rings is 2. The van der Waals surface area contributed by atoms with E-state index in [0.717, 1.165) is 54.9 Å². The lowest BCUT2D eigenvalue weighted by molar-refractivity contribution is -0.132. The molecule has 0 bridgehead atoms. The Morgan fingerprint density at radius 1 is 1.00 bits per heavy atom. The number of hydrogen-bond acceptors (Lipinski definition) is 3. The van der Waals surface area contributed by atoms with Gasteiger partial charge in [0.25, 0.3) is 0 Å². The number of hydrogen-bond donors (Lipinski definition) is 1. The Morgan fingerprint density at radius 2 is 1.65 bits per heavy atom. The van der Waals surface area contributed by atoms with Crippen molar-refractivity contribution in [1.82, 2.24) is 14.7 Å². The summed E-state index contributed by atoms with van der Waals surface area (Å²) in [5.74, 6) is -0.134. The standard InChI is InChI=1S/C27H37FN4O2/c1-4-5-9-25(33)32(20-23-10-12-24(28)13-11-23)19-16-30-14-17-31(18-15-30)27(34)29-26-21(2)7-6-8-22(26)3/h6-8,10-13H,4-5,9,14-20H2,1-3H3,(H,29,34). The fourth-order valence-corrected chi connectivity index (χ4v) is 4.22. The van der Waals surface area contributed by atoms with Crippen molar-refractivity contribution >= 4 is 17.6 Å². The van der Waals surface area contributed by atoms with Crippen molar-refractivity contribution < 1.29 is 14.0 Å². The second-order valence-corrected chi connectivity index (χ2v) is 9.07. The second kappa shape index (κ2) is 12.5. The zero-order valence-corrected chi connectivity index (χ0v) is 20.6. The van der Waals surface area contributed by atoms with E-state index in [1.165, 1.54) is 12.1 Å². The summed E-state index contributed by atoms with van der Waals surface area (Å²) in [6.07, 6.45) is 2.37. The molecule has 1 aliphatic heterocycles. The first-order valence-electron chi connectivity index (χ1n) is 12.2. The summed E-state index contributed by atoms with van der Waals surface area (Å²) < 4.78 is 13.3. The molecular weight excluding hydrogens is 431 g/mol. The van der Waals surface area contributed by atoms with Crippen LogP contribution in [0.3, 0.4) is 0 Å². The number of carbonyl (C=O) groups excluding carboxylic acids is 2. The first kappa shape index (κ1) is 25.7. The van der Waals surface area contributed by atoms with E-state index in [9.17, 15) is 14.0 Å². The number of anilines is 1. The Kier molecular flexibility index (Phi) is 9.45. The summed E-state index contributed by atoms with van der Waals surface area (Å²) in [6, 6.07) is 12.3. The highest BCUT2D eigenvalue weighted by molar-refractivity contribution is 5.91. The predicted molar refractivity (Wildman–Crippen MR) is 134 cm³/mol. The lowest BCUT2D eigenvalue weighted by Gasteiger charge is -2.36. The van der Waals surface area contributed by atoms with E-state index in [-0.39, 0.29) is 17.8 Å². The molecule has 0 aromatic heterocycles. The van der Waals surface area contributed by atoms with Crippen molar-refractivity contribution in [1.29, 1.82) is 0 Å². The molecule has 0 saturated carbocycles. The average molecular weight is 469 g/mol. The van der Waals surface area contributed by atoms with Crippen LogP contribution in [0.15, 0.2) is 42.5 Å². The van der Waals surface area contributed by atoms with Crippen LogP contribution in [0.1, 0.15) is 42.9 Å². The van der Waals surface area contributed by atoms with Gasteiger partial charge in [0.05, 0.1) is 0 Å². The highest BCUT2D eigenvalue weighted by Crippen LogP contribution is 2.20. The number of unbranched alkanes of at least 4 members (excludes halogenated alkanes) is 1. The number of amides is 3. The molecular formula is C27H37FN4O2. The number of piperazine rings is 1. The third kappa shape index (κ3) is 7.29. The highest BCUT2D eigenvalue weighted by atomic mass is 19.1. The molecule has 2 aromatic carbocycles. The zero-order chi connectivity index (χ0) is 24.5. The Labute approximate surface area is 202 Å². The van der Waals surface area contributed by atoms with Gasteiger partial charge in [0.2, 0.25) is 5.91 Å². The van der Waals surface area contributed by atoms with Gasteiger partial charge >= 0.3 is 6.03 Å². The Balaban J connectivity index is 1.51. The third-order valence-electron chi connectivity index (χ3n) is 6.44. The summed E-state index contributed by atoms with van der Waals surface area (Å²) >= 11 is 0. The van der Waals surface area contributed by atoms with Crippen molar-refractivity contribution in [3.05, 3.63) is 65.0 Å². The lowest BCUT2D eigenvalue weighted by Crippen LogP contribution is -2.51. The van der Waals surface area contributed by atoms with Crippen molar-refractivity contribution in [3.8, 4) is 0 Å². The topological polar surface area (TPSA) is 55.9 Å². The molecule has 1 fully saturated rings. The van der Waals surface area contributed by atoms with Crippen LogP contribution < -0.4 is 5.32 Å². The number of carbonyl (C=O) groups is 2. The van der Waals surface area contributed by atoms with E-state index >= 15 is 0 Å². The van der Waals surface area contributed by atoms with Crippen molar-refractivity contribution in [2.75, 3.05) is 44.6 Å². The number of nitrogens with one attached hydrogen (secondary N) is 1. The summed E-state index contributed by atoms with van der Waals surface area (Å²) in [4.78, 5) is 31.6. The lowest BCUT2D eigenvalue weighted by atomic mass is 10.1. The molecule has 7 heteroatoms. The summed E-state index contributed by atoms with van der Waals surface area (Å²) in [5.41, 5.74) is 3.93. The second-order valence-electron chi connectivity index (χ2n) is 9.07. The van der Waals surface area contributed by atoms with Crippen molar-refractivity contribution in [2.24, 2.45) is 0 Å². The quantitative estimate of drug-likeness (QED) is 0.575. The van der Waals surface area contributed by atoms with Crippen LogP contribution in [0, 0.1) is 19.7 Å². The van der Waals surface area contributed by atoms with Crippen LogP contribution in [-0.2, 0) is 11.3 Å². The van der Waals surface area contributed by atoms with E-state index in [2.05, 4.69) is 17.1 Å². The summed E-state index contributed by atoms with van der Waals surface area (Å²) in [7, 11) is 0. The summed E-state index contributed by atoms with van der Waals surface area (Å²) in [6.45, 7) is 10.8. The predicted octanol–water partition coefficient (Wildman–Crippen LogP) is 4.81. The van der Waals surface area contributed by atoms with E-state index in [1.54, 1.807) is 12.1 Å². The number of urea groups is 1. The van der Waals surface area contributed by atoms with Crippen LogP contribution in [0.4, 0.5) is 14.9 Å². The van der Waals surface area contributed by atoms with E-state index in [1.807, 2.05) is 41.8 Å². The molecule has 34 heavy (non-hydrogen) atoms. The van der Waals surface area contributed by atoms with Crippen LogP contribution >= 0.6 is 0 Å². The van der Waals surface area contributed by atoms with Gasteiger partial charge in [0.1, 0.15) is 5.82 Å². The fraction of sp³-hybridized carbons (Fsp3) is 0.481. The monoisotopic (exact) mass is 468 g/mol. The van der Waals surface area contributed by atoms with Gasteiger partial charge in [-0.3, -0.25) is 9.69 Å². The first-order valence-corrected chi connectivity index (χ1v) is 12.2. The number of para-hydroxylation sites is 1. The average Bonchev–Trinajstić information content (AvgIpc) is 2.84. The largest absolute Gasteiger partial charge is 0.337 e. The molecule has 1 heterocycles. The molecule has 184 valence electrons. The minimum atomic E-state index is -0.271. The van der Waals surface area contributed by atoms with Gasteiger partial charge in [0, 0.05) is 57.9 Å². The maximum Gasteiger partial charge on any atom is 0.321 e. The van der Waals surface area contributed by atoms with Gasteiger partial charge in [-0.1, -0.05) is 43.7 Å². The molecule has 0 unspecified atom stereocenters. The molecule has 2 aromatic rings. The Hall–Kier alpha value is -2.93. The fourth-order valence-electron chi connectivity index (χ4n) is 4.22. The molecule has 0 aliphatic carbocycles. The van der Waals surface area contributed by atoms with E-state index in [4.69, 9.17) is 0 Å². The first-order chi connectivity index (χ1) is 16.4. The summed E-state index contributed by atoms with van der Waals surface area (Å²) in [5, 5.41) is 3.07. The van der Waals surface area contributed by atoms with Gasteiger partial charge in [-0.05, 0) is 49.1 Å². The van der Waals surface area contributed by atoms with Crippen LogP contribution in [-0.4, -0.2) is 65.9 Å². The number of nitrogens with zero attached hydrogens (tertiary/aromatic N) is 3. The number of aryl methyl sites for hydroxylation is 2. The molecule has 3 rings (SSSR count). The molecule has 0 radical (unpaired) electrons. The molecule has 6 nitrogen and oxygen atoms in total. The van der Waals surface area contributed by atoms with Gasteiger partial charge < -0.3 is 15.1 Å². The maximum absolute atomic E-state index is 13.3. The van der Waals surface area contributed by atoms with E-state index in [0.29, 0.717) is 32.6 Å². The van der Waals surface area contributed by atoms with Crippen LogP contribution in [0.2, 0.25) is 0 Å². The van der Waals surface area contributed by atoms with Gasteiger partial charge in [-0.15, -0.1) is 0 Å². The van der Waals surface area contributed by atoms with E-state index < -0.39 is 0 Å². The molecule has 1 N–H and O–H groups in total. The van der Waals surface area contributed by atoms with Gasteiger partial charge in [-0.2, -0.15) is 0 Å². The van der Waals surface area contributed by atoms with Gasteiger partial charge in [0.15, 0.2) is 0 Å². The molecule has 0 atom stereocenters. The Bertz CT molecular complexity index is 935. The van der Waals surface area contributed by atoms with Crippen LogP contribution in [0.5, 0.6) is 0 Å². The molecule has 1 aliphatic rings. The molecule has 3 amide bonds. The SMILES string of the molecule is CCCCC(=O)N(CCN1CCN(C(=O)Nc2c(C)cccc2C)CC1)Cc1ccc(F)cc1. The zero-order valence-electron chi connectivity index (χ0n) is 20.6. The molecule has 0 spiro atoms. The minimum absolute atomic E-state index is 0.0651. The Morgan fingerprint density at radius 3 is 2.26 bits per heavy atom. The van der Waals surface area contributed by atoms with Gasteiger partial charge in [-0.25, -0.2) is 9.18 Å². The number of halogens is 1. The maximum atomic E-state index is 13.3. The normalized spacial score (nSPS) is 14.2. The smallest absolute Gasteiger partial charge is 0.321 e. The third-order valence-corrected chi connectivity index (χ3v) is 6.44. The van der Waals surface area contributed by atoms with Crippen LogP contribution in [0.25, 0.3) is 0 Å². The van der Waals surface area contributed by atoms with Crippen molar-refractivity contribution in [2.45, 2.75) is 46.6 Å². The molecule has 1 saturated heterocycles. The highest BCUT2D eigenvalue weighted by Gasteiger charge is 2.23. The number of rotatable bonds is 9. The van der Waals surface area contributed by atoms with Crippen molar-refractivity contribution in [3.63, 3.8) is 0 Å². The minimum Gasteiger partial charge on any atom is -0.337 e.